The first-order valence-corrected chi connectivity index (χ1v) is 7.36. The number of anilines is 1. The predicted octanol–water partition coefficient (Wildman–Crippen LogP) is 0.948. The number of nitrogens with zero attached hydrogens (tertiary/aromatic N) is 1. The third-order valence-electron chi connectivity index (χ3n) is 2.68. The molecule has 6 heteroatoms. The van der Waals surface area contributed by atoms with Gasteiger partial charge in [-0.1, -0.05) is 12.1 Å². The molecule has 0 aliphatic carbocycles. The highest BCUT2D eigenvalue weighted by Crippen LogP contribution is 2.18. The van der Waals surface area contributed by atoms with Crippen LogP contribution in [0.5, 0.6) is 0 Å². The quantitative estimate of drug-likeness (QED) is 0.750. The number of hydrogen-bond acceptors (Lipinski definition) is 4. The van der Waals surface area contributed by atoms with Crippen molar-refractivity contribution in [2.75, 3.05) is 30.8 Å². The Labute approximate surface area is 109 Å². The van der Waals surface area contributed by atoms with Crippen molar-refractivity contribution in [2.24, 2.45) is 5.73 Å². The number of nitrogens with two attached hydrogens (primary N) is 1. The molecular formula is C12H20N2O3S. The van der Waals surface area contributed by atoms with Gasteiger partial charge in [-0.25, -0.2) is 8.42 Å². The Morgan fingerprint density at radius 2 is 2.11 bits per heavy atom. The van der Waals surface area contributed by atoms with Crippen LogP contribution in [-0.4, -0.2) is 34.9 Å². The van der Waals surface area contributed by atoms with Gasteiger partial charge >= 0.3 is 0 Å². The van der Waals surface area contributed by atoms with Gasteiger partial charge in [-0.2, -0.15) is 0 Å². The van der Waals surface area contributed by atoms with E-state index in [-0.39, 0.29) is 5.75 Å². The molecule has 0 aliphatic heterocycles. The summed E-state index contributed by atoms with van der Waals surface area (Å²) < 4.78 is 30.2. The lowest BCUT2D eigenvalue weighted by atomic mass is 10.2. The maximum Gasteiger partial charge on any atom is 0.234 e. The molecule has 102 valence electrons. The van der Waals surface area contributed by atoms with Crippen LogP contribution in [0.1, 0.15) is 12.0 Å². The summed E-state index contributed by atoms with van der Waals surface area (Å²) in [6, 6.07) is 7.22. The molecule has 0 heterocycles. The first kappa shape index (κ1) is 14.9. The van der Waals surface area contributed by atoms with E-state index in [2.05, 4.69) is 0 Å². The summed E-state index contributed by atoms with van der Waals surface area (Å²) >= 11 is 0. The van der Waals surface area contributed by atoms with E-state index in [1.165, 1.54) is 4.31 Å². The van der Waals surface area contributed by atoms with Crippen molar-refractivity contribution in [1.82, 2.24) is 0 Å². The van der Waals surface area contributed by atoms with Gasteiger partial charge in [-0.3, -0.25) is 4.31 Å². The monoisotopic (exact) mass is 272 g/mol. The summed E-state index contributed by atoms with van der Waals surface area (Å²) in [7, 11) is -0.188. The van der Waals surface area contributed by atoms with Crippen molar-refractivity contribution in [3.8, 4) is 0 Å². The zero-order valence-corrected chi connectivity index (χ0v) is 11.6. The van der Waals surface area contributed by atoms with Gasteiger partial charge in [0.05, 0.1) is 11.4 Å². The molecule has 0 aliphatic rings. The Balaban J connectivity index is 2.81. The van der Waals surface area contributed by atoms with Crippen LogP contribution in [0.25, 0.3) is 0 Å². The summed E-state index contributed by atoms with van der Waals surface area (Å²) in [5.41, 5.74) is 7.08. The molecule has 1 aromatic rings. The summed E-state index contributed by atoms with van der Waals surface area (Å²) in [6.45, 7) is 0.835. The molecule has 0 fully saturated rings. The Kier molecular flexibility index (Phi) is 5.58. The maximum absolute atomic E-state index is 12.0. The molecule has 0 unspecified atom stereocenters. The first-order chi connectivity index (χ1) is 8.51. The van der Waals surface area contributed by atoms with Crippen molar-refractivity contribution < 1.29 is 13.2 Å². The molecule has 0 saturated heterocycles. The van der Waals surface area contributed by atoms with Crippen LogP contribution in [0.3, 0.4) is 0 Å². The lowest BCUT2D eigenvalue weighted by Crippen LogP contribution is -2.29. The average molecular weight is 272 g/mol. The number of methoxy groups -OCH3 is 1. The number of hydrogen-bond donors (Lipinski definition) is 1. The van der Waals surface area contributed by atoms with Crippen LogP contribution in [-0.2, 0) is 21.3 Å². The van der Waals surface area contributed by atoms with Gasteiger partial charge in [0.25, 0.3) is 0 Å². The smallest absolute Gasteiger partial charge is 0.234 e. The lowest BCUT2D eigenvalue weighted by molar-refractivity contribution is 0.199. The fourth-order valence-corrected chi connectivity index (χ4v) is 2.75. The second-order valence-electron chi connectivity index (χ2n) is 4.00. The predicted molar refractivity (Wildman–Crippen MR) is 73.0 cm³/mol. The summed E-state index contributed by atoms with van der Waals surface area (Å²) in [4.78, 5) is 0. The van der Waals surface area contributed by atoms with Crippen molar-refractivity contribution in [3.63, 3.8) is 0 Å². The van der Waals surface area contributed by atoms with Crippen LogP contribution >= 0.6 is 0 Å². The number of rotatable bonds is 7. The van der Waals surface area contributed by atoms with E-state index in [4.69, 9.17) is 10.5 Å². The van der Waals surface area contributed by atoms with Crippen molar-refractivity contribution in [1.29, 1.82) is 0 Å². The normalized spacial score (nSPS) is 11.5. The van der Waals surface area contributed by atoms with Crippen LogP contribution in [0.2, 0.25) is 0 Å². The number of ether oxygens (including phenoxy) is 1. The SMILES string of the molecule is COCCCS(=O)(=O)N(C)c1cccc(CN)c1. The van der Waals surface area contributed by atoms with E-state index in [9.17, 15) is 8.42 Å². The Hall–Kier alpha value is -1.11. The number of sulfonamides is 1. The van der Waals surface area contributed by atoms with Gasteiger partial charge in [0, 0.05) is 27.3 Å². The minimum Gasteiger partial charge on any atom is -0.385 e. The molecule has 1 aromatic carbocycles. The van der Waals surface area contributed by atoms with Gasteiger partial charge in [0.1, 0.15) is 0 Å². The fraction of sp³-hybridized carbons (Fsp3) is 0.500. The standard InChI is InChI=1S/C12H20N2O3S/c1-14(18(15,16)8-4-7-17-2)12-6-3-5-11(9-12)10-13/h3,5-6,9H,4,7-8,10,13H2,1-2H3. The minimum absolute atomic E-state index is 0.0736. The minimum atomic E-state index is -3.30. The highest BCUT2D eigenvalue weighted by molar-refractivity contribution is 7.92. The average Bonchev–Trinajstić information content (AvgIpc) is 2.38. The van der Waals surface area contributed by atoms with Gasteiger partial charge < -0.3 is 10.5 Å². The molecule has 0 atom stereocenters. The maximum atomic E-state index is 12.0. The molecule has 0 spiro atoms. The topological polar surface area (TPSA) is 72.6 Å². The molecule has 0 radical (unpaired) electrons. The van der Waals surface area contributed by atoms with Crippen molar-refractivity contribution in [2.45, 2.75) is 13.0 Å². The molecule has 0 aromatic heterocycles. The van der Waals surface area contributed by atoms with Crippen LogP contribution < -0.4 is 10.0 Å². The molecule has 2 N–H and O–H groups in total. The zero-order valence-electron chi connectivity index (χ0n) is 10.8. The van der Waals surface area contributed by atoms with E-state index in [0.29, 0.717) is 25.3 Å². The Morgan fingerprint density at radius 3 is 2.72 bits per heavy atom. The highest BCUT2D eigenvalue weighted by atomic mass is 32.2. The van der Waals surface area contributed by atoms with Gasteiger partial charge in [-0.15, -0.1) is 0 Å². The van der Waals surface area contributed by atoms with E-state index >= 15 is 0 Å². The van der Waals surface area contributed by atoms with Crippen LogP contribution in [0, 0.1) is 0 Å². The van der Waals surface area contributed by atoms with Crippen LogP contribution in [0.15, 0.2) is 24.3 Å². The Morgan fingerprint density at radius 1 is 1.39 bits per heavy atom. The summed E-state index contributed by atoms with van der Waals surface area (Å²) in [5, 5.41) is 0. The molecule has 0 amide bonds. The van der Waals surface area contributed by atoms with Crippen molar-refractivity contribution in [3.05, 3.63) is 29.8 Å². The number of benzene rings is 1. The molecule has 1 rings (SSSR count). The van der Waals surface area contributed by atoms with E-state index < -0.39 is 10.0 Å². The summed E-state index contributed by atoms with van der Waals surface area (Å²) in [6.07, 6.45) is 0.486. The second-order valence-corrected chi connectivity index (χ2v) is 6.12. The lowest BCUT2D eigenvalue weighted by Gasteiger charge is -2.20. The molecular weight excluding hydrogens is 252 g/mol. The van der Waals surface area contributed by atoms with E-state index in [1.807, 2.05) is 6.07 Å². The summed E-state index contributed by atoms with van der Waals surface area (Å²) in [5.74, 6) is 0.0736. The van der Waals surface area contributed by atoms with Gasteiger partial charge in [-0.05, 0) is 24.1 Å². The fourth-order valence-electron chi connectivity index (χ4n) is 1.56. The Bertz CT molecular complexity index is 474. The van der Waals surface area contributed by atoms with Crippen LogP contribution in [0.4, 0.5) is 5.69 Å². The molecule has 5 nitrogen and oxygen atoms in total. The third kappa shape index (κ3) is 3.97. The van der Waals surface area contributed by atoms with Gasteiger partial charge in [0.15, 0.2) is 0 Å². The second kappa shape index (κ2) is 6.72. The third-order valence-corrected chi connectivity index (χ3v) is 4.53. The molecule has 0 bridgehead atoms. The molecule has 18 heavy (non-hydrogen) atoms. The van der Waals surface area contributed by atoms with E-state index in [0.717, 1.165) is 5.56 Å². The largest absolute Gasteiger partial charge is 0.385 e. The highest BCUT2D eigenvalue weighted by Gasteiger charge is 2.17. The van der Waals surface area contributed by atoms with E-state index in [1.54, 1.807) is 32.4 Å². The zero-order chi connectivity index (χ0) is 13.6. The van der Waals surface area contributed by atoms with Gasteiger partial charge in [0.2, 0.25) is 10.0 Å². The molecule has 0 saturated carbocycles. The van der Waals surface area contributed by atoms with Crippen molar-refractivity contribution >= 4 is 15.7 Å². The first-order valence-electron chi connectivity index (χ1n) is 5.76.